The third-order valence-electron chi connectivity index (χ3n) is 1.99. The molecule has 0 aromatic carbocycles. The summed E-state index contributed by atoms with van der Waals surface area (Å²) in [4.78, 5) is 0. The highest BCUT2D eigenvalue weighted by molar-refractivity contribution is 6.44. The summed E-state index contributed by atoms with van der Waals surface area (Å²) in [6.07, 6.45) is 1.14. The van der Waals surface area contributed by atoms with E-state index in [9.17, 15) is 0 Å². The van der Waals surface area contributed by atoms with E-state index in [1.54, 1.807) is 14.2 Å². The molecule has 1 N–H and O–H groups in total. The normalized spacial score (nSPS) is 13.8. The Labute approximate surface area is 77.3 Å². The summed E-state index contributed by atoms with van der Waals surface area (Å²) in [6.45, 7) is 5.33. The number of hydrogen-bond acceptors (Lipinski definition) is 3. The molecule has 3 nitrogen and oxygen atoms in total. The quantitative estimate of drug-likeness (QED) is 0.606. The molecule has 0 saturated heterocycles. The van der Waals surface area contributed by atoms with Crippen LogP contribution in [0.2, 0.25) is 6.04 Å². The van der Waals surface area contributed by atoms with E-state index in [4.69, 9.17) is 8.85 Å². The Bertz CT molecular complexity index is 99.1. The van der Waals surface area contributed by atoms with Gasteiger partial charge in [-0.25, -0.2) is 0 Å². The number of rotatable bonds is 7. The van der Waals surface area contributed by atoms with Crippen molar-refractivity contribution >= 4 is 9.28 Å². The van der Waals surface area contributed by atoms with Crippen LogP contribution < -0.4 is 5.32 Å². The smallest absolute Gasteiger partial charge is 0.322 e. The van der Waals surface area contributed by atoms with Gasteiger partial charge in [0.25, 0.3) is 0 Å². The highest BCUT2D eigenvalue weighted by atomic mass is 28.3. The van der Waals surface area contributed by atoms with Gasteiger partial charge >= 0.3 is 9.28 Å². The van der Waals surface area contributed by atoms with E-state index in [0.717, 1.165) is 19.0 Å². The predicted molar refractivity (Wildman–Crippen MR) is 53.7 cm³/mol. The van der Waals surface area contributed by atoms with Crippen molar-refractivity contribution in [2.45, 2.75) is 32.4 Å². The highest BCUT2D eigenvalue weighted by Crippen LogP contribution is 2.03. The fraction of sp³-hybridized carbons (Fsp3) is 1.00. The van der Waals surface area contributed by atoms with Crippen molar-refractivity contribution in [1.29, 1.82) is 0 Å². The fourth-order valence-corrected chi connectivity index (χ4v) is 2.75. The average Bonchev–Trinajstić information content (AvgIpc) is 2.12. The lowest BCUT2D eigenvalue weighted by molar-refractivity contribution is 0.271. The minimum Gasteiger partial charge on any atom is -0.400 e. The number of hydrogen-bond donors (Lipinski definition) is 1. The zero-order valence-electron chi connectivity index (χ0n) is 8.59. The summed E-state index contributed by atoms with van der Waals surface area (Å²) in [7, 11) is 2.11. The predicted octanol–water partition coefficient (Wildman–Crippen LogP) is 0.888. The van der Waals surface area contributed by atoms with Gasteiger partial charge in [-0.05, 0) is 13.0 Å². The standard InChI is InChI=1S/C8H21NO2Si/c1-5-8(9-6-2)7-12(10-3)11-4/h8-9,12H,5-7H2,1-4H3. The fourth-order valence-electron chi connectivity index (χ4n) is 1.20. The molecule has 0 heterocycles. The molecule has 0 fully saturated rings. The second-order valence-corrected chi connectivity index (χ2v) is 5.07. The molecule has 0 aromatic heterocycles. The van der Waals surface area contributed by atoms with Crippen molar-refractivity contribution in [3.05, 3.63) is 0 Å². The Balaban J connectivity index is 3.65. The van der Waals surface area contributed by atoms with Crippen LogP contribution in [0.25, 0.3) is 0 Å². The molecule has 0 aliphatic heterocycles. The minimum atomic E-state index is -1.36. The van der Waals surface area contributed by atoms with Crippen molar-refractivity contribution < 1.29 is 8.85 Å². The maximum atomic E-state index is 5.25. The van der Waals surface area contributed by atoms with Gasteiger partial charge in [-0.15, -0.1) is 0 Å². The minimum absolute atomic E-state index is 0.562. The summed E-state index contributed by atoms with van der Waals surface area (Å²) < 4.78 is 10.5. The molecule has 74 valence electrons. The lowest BCUT2D eigenvalue weighted by Crippen LogP contribution is -2.34. The first-order valence-corrected chi connectivity index (χ1v) is 6.33. The molecule has 0 rings (SSSR count). The molecule has 12 heavy (non-hydrogen) atoms. The first kappa shape index (κ1) is 12.1. The van der Waals surface area contributed by atoms with Crippen molar-refractivity contribution in [3.63, 3.8) is 0 Å². The van der Waals surface area contributed by atoms with Crippen LogP contribution in [0.4, 0.5) is 0 Å². The third kappa shape index (κ3) is 4.87. The SMILES string of the molecule is CCNC(CC)C[SiH](OC)OC. The Morgan fingerprint density at radius 3 is 2.17 bits per heavy atom. The van der Waals surface area contributed by atoms with Crippen molar-refractivity contribution in [2.24, 2.45) is 0 Å². The van der Waals surface area contributed by atoms with Crippen LogP contribution in [0.3, 0.4) is 0 Å². The van der Waals surface area contributed by atoms with Gasteiger partial charge in [-0.3, -0.25) is 0 Å². The Morgan fingerprint density at radius 1 is 1.25 bits per heavy atom. The van der Waals surface area contributed by atoms with Crippen LogP contribution in [0, 0.1) is 0 Å². The summed E-state index contributed by atoms with van der Waals surface area (Å²) in [5.74, 6) is 0. The van der Waals surface area contributed by atoms with E-state index < -0.39 is 9.28 Å². The second-order valence-electron chi connectivity index (χ2n) is 2.80. The van der Waals surface area contributed by atoms with Gasteiger partial charge in [-0.2, -0.15) is 0 Å². The molecule has 4 heteroatoms. The zero-order chi connectivity index (χ0) is 9.40. The van der Waals surface area contributed by atoms with E-state index in [0.29, 0.717) is 6.04 Å². The summed E-state index contributed by atoms with van der Waals surface area (Å²) in [5.41, 5.74) is 0. The van der Waals surface area contributed by atoms with E-state index in [1.165, 1.54) is 0 Å². The lowest BCUT2D eigenvalue weighted by Gasteiger charge is -2.19. The lowest BCUT2D eigenvalue weighted by atomic mass is 10.2. The summed E-state index contributed by atoms with van der Waals surface area (Å²) in [6, 6.07) is 1.61. The maximum absolute atomic E-state index is 5.25. The van der Waals surface area contributed by atoms with Gasteiger partial charge in [0.1, 0.15) is 0 Å². The first-order valence-electron chi connectivity index (χ1n) is 4.57. The first-order chi connectivity index (χ1) is 5.78. The molecule has 0 aromatic rings. The zero-order valence-corrected chi connectivity index (χ0v) is 9.75. The molecule has 0 bridgehead atoms. The van der Waals surface area contributed by atoms with Gasteiger partial charge in [-0.1, -0.05) is 13.8 Å². The van der Waals surface area contributed by atoms with Crippen LogP contribution in [-0.4, -0.2) is 36.1 Å². The topological polar surface area (TPSA) is 30.5 Å². The largest absolute Gasteiger partial charge is 0.400 e. The molecular formula is C8H21NO2Si. The molecule has 0 aliphatic carbocycles. The van der Waals surface area contributed by atoms with E-state index in [2.05, 4.69) is 19.2 Å². The molecule has 0 aliphatic rings. The summed E-state index contributed by atoms with van der Waals surface area (Å²) in [5, 5.41) is 3.41. The molecule has 0 radical (unpaired) electrons. The Hall–Kier alpha value is 0.0969. The van der Waals surface area contributed by atoms with Gasteiger partial charge in [0, 0.05) is 26.3 Å². The van der Waals surface area contributed by atoms with Crippen LogP contribution >= 0.6 is 0 Å². The second kappa shape index (κ2) is 7.73. The van der Waals surface area contributed by atoms with Crippen LogP contribution in [0.5, 0.6) is 0 Å². The number of nitrogens with one attached hydrogen (secondary N) is 1. The van der Waals surface area contributed by atoms with E-state index in [-0.39, 0.29) is 0 Å². The molecule has 0 amide bonds. The maximum Gasteiger partial charge on any atom is 0.322 e. The average molecular weight is 191 g/mol. The van der Waals surface area contributed by atoms with Gasteiger partial charge < -0.3 is 14.2 Å². The monoisotopic (exact) mass is 191 g/mol. The van der Waals surface area contributed by atoms with Crippen LogP contribution in [-0.2, 0) is 8.85 Å². The molecular weight excluding hydrogens is 170 g/mol. The van der Waals surface area contributed by atoms with Gasteiger partial charge in [0.2, 0.25) is 0 Å². The van der Waals surface area contributed by atoms with Crippen molar-refractivity contribution in [1.82, 2.24) is 5.32 Å². The molecule has 0 saturated carbocycles. The van der Waals surface area contributed by atoms with Crippen molar-refractivity contribution in [3.8, 4) is 0 Å². The van der Waals surface area contributed by atoms with Crippen LogP contribution in [0.15, 0.2) is 0 Å². The Morgan fingerprint density at radius 2 is 1.83 bits per heavy atom. The van der Waals surface area contributed by atoms with E-state index in [1.807, 2.05) is 0 Å². The molecule has 1 unspecified atom stereocenters. The van der Waals surface area contributed by atoms with Gasteiger partial charge in [0.05, 0.1) is 0 Å². The molecule has 0 spiro atoms. The highest BCUT2D eigenvalue weighted by Gasteiger charge is 2.15. The van der Waals surface area contributed by atoms with E-state index >= 15 is 0 Å². The summed E-state index contributed by atoms with van der Waals surface area (Å²) >= 11 is 0. The third-order valence-corrected chi connectivity index (χ3v) is 3.99. The van der Waals surface area contributed by atoms with Crippen LogP contribution in [0.1, 0.15) is 20.3 Å². The molecule has 1 atom stereocenters. The van der Waals surface area contributed by atoms with Crippen molar-refractivity contribution in [2.75, 3.05) is 20.8 Å². The Kier molecular flexibility index (Phi) is 7.79. The van der Waals surface area contributed by atoms with Gasteiger partial charge in [0.15, 0.2) is 0 Å².